The number of benzene rings is 1. The number of aromatic nitrogens is 1. The Hall–Kier alpha value is -2.49. The van der Waals surface area contributed by atoms with Crippen LogP contribution in [0.5, 0.6) is 5.75 Å². The van der Waals surface area contributed by atoms with Crippen LogP contribution >= 0.6 is 0 Å². The van der Waals surface area contributed by atoms with E-state index in [1.54, 1.807) is 18.2 Å². The van der Waals surface area contributed by atoms with Gasteiger partial charge in [-0.3, -0.25) is 4.79 Å². The van der Waals surface area contributed by atoms with Gasteiger partial charge in [0.15, 0.2) is 0 Å². The Morgan fingerprint density at radius 3 is 2.47 bits per heavy atom. The summed E-state index contributed by atoms with van der Waals surface area (Å²) in [5, 5.41) is 9.32. The van der Waals surface area contributed by atoms with Gasteiger partial charge in [0.25, 0.3) is 0 Å². The molecule has 1 heterocycles. The SMILES string of the molecule is Cc1cc(/C=C\C(N)=O)c(C)n1-c1ccc(O)cc1. The molecule has 1 aromatic carbocycles. The maximum Gasteiger partial charge on any atom is 0.241 e. The van der Waals surface area contributed by atoms with Crippen LogP contribution in [-0.2, 0) is 4.79 Å². The average Bonchev–Trinajstić information content (AvgIpc) is 2.63. The van der Waals surface area contributed by atoms with Crippen molar-refractivity contribution in [2.24, 2.45) is 5.73 Å². The Balaban J connectivity index is 2.47. The molecule has 0 radical (unpaired) electrons. The zero-order valence-corrected chi connectivity index (χ0v) is 10.9. The number of aryl methyl sites for hydroxylation is 1. The summed E-state index contributed by atoms with van der Waals surface area (Å²) in [5.41, 5.74) is 9.08. The number of nitrogens with zero attached hydrogens (tertiary/aromatic N) is 1. The highest BCUT2D eigenvalue weighted by Gasteiger charge is 2.08. The molecule has 1 aromatic heterocycles. The molecule has 98 valence electrons. The van der Waals surface area contributed by atoms with Crippen LogP contribution in [0.3, 0.4) is 0 Å². The Morgan fingerprint density at radius 2 is 1.89 bits per heavy atom. The number of primary amides is 1. The molecule has 3 N–H and O–H groups in total. The minimum Gasteiger partial charge on any atom is -0.508 e. The molecule has 0 spiro atoms. The van der Waals surface area contributed by atoms with E-state index in [9.17, 15) is 9.90 Å². The van der Waals surface area contributed by atoms with Crippen LogP contribution in [0.25, 0.3) is 11.8 Å². The van der Waals surface area contributed by atoms with Gasteiger partial charge in [0.05, 0.1) is 0 Å². The van der Waals surface area contributed by atoms with Gasteiger partial charge in [-0.25, -0.2) is 0 Å². The number of carbonyl (C=O) groups is 1. The van der Waals surface area contributed by atoms with Gasteiger partial charge >= 0.3 is 0 Å². The van der Waals surface area contributed by atoms with Crippen LogP contribution in [0.1, 0.15) is 17.0 Å². The molecule has 0 aliphatic rings. The maximum absolute atomic E-state index is 10.8. The van der Waals surface area contributed by atoms with Crippen molar-refractivity contribution < 1.29 is 9.90 Å². The van der Waals surface area contributed by atoms with E-state index in [-0.39, 0.29) is 5.75 Å². The zero-order valence-electron chi connectivity index (χ0n) is 10.9. The number of hydrogen-bond donors (Lipinski definition) is 2. The molecule has 0 saturated carbocycles. The number of carbonyl (C=O) groups excluding carboxylic acids is 1. The van der Waals surface area contributed by atoms with Crippen molar-refractivity contribution in [2.75, 3.05) is 0 Å². The van der Waals surface area contributed by atoms with Crippen LogP contribution in [0.15, 0.2) is 36.4 Å². The Morgan fingerprint density at radius 1 is 1.26 bits per heavy atom. The van der Waals surface area contributed by atoms with E-state index in [1.807, 2.05) is 32.0 Å². The molecule has 0 bridgehead atoms. The lowest BCUT2D eigenvalue weighted by molar-refractivity contribution is -0.113. The van der Waals surface area contributed by atoms with Gasteiger partial charge in [0.2, 0.25) is 5.91 Å². The van der Waals surface area contributed by atoms with E-state index in [1.165, 1.54) is 6.08 Å². The van der Waals surface area contributed by atoms with Crippen molar-refractivity contribution in [3.8, 4) is 11.4 Å². The number of nitrogens with two attached hydrogens (primary N) is 1. The number of phenolic OH excluding ortho intramolecular Hbond substituents is 1. The van der Waals surface area contributed by atoms with Crippen LogP contribution in [-0.4, -0.2) is 15.6 Å². The summed E-state index contributed by atoms with van der Waals surface area (Å²) in [6.45, 7) is 3.96. The molecule has 4 heteroatoms. The summed E-state index contributed by atoms with van der Waals surface area (Å²) in [4.78, 5) is 10.8. The highest BCUT2D eigenvalue weighted by atomic mass is 16.3. The smallest absolute Gasteiger partial charge is 0.241 e. The molecule has 2 rings (SSSR count). The summed E-state index contributed by atoms with van der Waals surface area (Å²) in [7, 11) is 0. The standard InChI is InChI=1S/C15H16N2O2/c1-10-9-12(3-8-15(16)19)11(2)17(10)13-4-6-14(18)7-5-13/h3-9,18H,1-2H3,(H2,16,19)/b8-3-. The fourth-order valence-electron chi connectivity index (χ4n) is 2.13. The molecule has 2 aromatic rings. The minimum atomic E-state index is -0.463. The highest BCUT2D eigenvalue weighted by Crippen LogP contribution is 2.23. The second-order valence-corrected chi connectivity index (χ2v) is 4.41. The van der Waals surface area contributed by atoms with Crippen molar-refractivity contribution >= 4 is 12.0 Å². The number of hydrogen-bond acceptors (Lipinski definition) is 2. The first-order valence-electron chi connectivity index (χ1n) is 5.95. The van der Waals surface area contributed by atoms with Crippen molar-refractivity contribution in [3.05, 3.63) is 53.4 Å². The third kappa shape index (κ3) is 2.68. The summed E-state index contributed by atoms with van der Waals surface area (Å²) >= 11 is 0. The number of phenols is 1. The first kappa shape index (κ1) is 13.0. The summed E-state index contributed by atoms with van der Waals surface area (Å²) in [5.74, 6) is -0.227. The van der Waals surface area contributed by atoms with E-state index < -0.39 is 5.91 Å². The second-order valence-electron chi connectivity index (χ2n) is 4.41. The van der Waals surface area contributed by atoms with Gasteiger partial charge in [-0.15, -0.1) is 0 Å². The van der Waals surface area contributed by atoms with Gasteiger partial charge < -0.3 is 15.4 Å². The Kier molecular flexibility index (Phi) is 3.42. The first-order valence-corrected chi connectivity index (χ1v) is 5.95. The fourth-order valence-corrected chi connectivity index (χ4v) is 2.13. The minimum absolute atomic E-state index is 0.236. The molecule has 0 fully saturated rings. The molecule has 4 nitrogen and oxygen atoms in total. The quantitative estimate of drug-likeness (QED) is 0.827. The van der Waals surface area contributed by atoms with E-state index in [0.29, 0.717) is 0 Å². The summed E-state index contributed by atoms with van der Waals surface area (Å²) < 4.78 is 2.06. The normalized spacial score (nSPS) is 11.1. The molecular weight excluding hydrogens is 240 g/mol. The summed E-state index contributed by atoms with van der Waals surface area (Å²) in [6.07, 6.45) is 3.06. The lowest BCUT2D eigenvalue weighted by Gasteiger charge is -2.09. The molecule has 0 saturated heterocycles. The van der Waals surface area contributed by atoms with Gasteiger partial charge in [0.1, 0.15) is 5.75 Å². The largest absolute Gasteiger partial charge is 0.508 e. The molecular formula is C15H16N2O2. The van der Waals surface area contributed by atoms with Crippen molar-refractivity contribution in [1.82, 2.24) is 4.57 Å². The zero-order chi connectivity index (χ0) is 14.0. The molecule has 0 aliphatic heterocycles. The fraction of sp³-hybridized carbons (Fsp3) is 0.133. The first-order chi connectivity index (χ1) is 8.99. The van der Waals surface area contributed by atoms with Crippen molar-refractivity contribution in [1.29, 1.82) is 0 Å². The predicted octanol–water partition coefficient (Wildman–Crippen LogP) is 2.30. The number of amides is 1. The van der Waals surface area contributed by atoms with Crippen LogP contribution in [0.2, 0.25) is 0 Å². The Labute approximate surface area is 111 Å². The second kappa shape index (κ2) is 5.02. The van der Waals surface area contributed by atoms with E-state index in [0.717, 1.165) is 22.6 Å². The maximum atomic E-state index is 10.8. The average molecular weight is 256 g/mol. The van der Waals surface area contributed by atoms with Crippen LogP contribution in [0.4, 0.5) is 0 Å². The van der Waals surface area contributed by atoms with Crippen molar-refractivity contribution in [2.45, 2.75) is 13.8 Å². The van der Waals surface area contributed by atoms with Crippen LogP contribution < -0.4 is 5.73 Å². The van der Waals surface area contributed by atoms with Gasteiger partial charge in [-0.2, -0.15) is 0 Å². The molecule has 19 heavy (non-hydrogen) atoms. The number of rotatable bonds is 3. The molecule has 0 unspecified atom stereocenters. The number of aromatic hydroxyl groups is 1. The topological polar surface area (TPSA) is 68.2 Å². The lowest BCUT2D eigenvalue weighted by Crippen LogP contribution is -2.05. The van der Waals surface area contributed by atoms with E-state index in [2.05, 4.69) is 4.57 Å². The lowest BCUT2D eigenvalue weighted by atomic mass is 10.2. The van der Waals surface area contributed by atoms with Gasteiger partial charge in [-0.1, -0.05) is 0 Å². The van der Waals surface area contributed by atoms with Gasteiger partial charge in [-0.05, 0) is 55.8 Å². The third-order valence-electron chi connectivity index (χ3n) is 3.01. The van der Waals surface area contributed by atoms with E-state index >= 15 is 0 Å². The van der Waals surface area contributed by atoms with E-state index in [4.69, 9.17) is 5.73 Å². The predicted molar refractivity (Wildman–Crippen MR) is 75.1 cm³/mol. The summed E-state index contributed by atoms with van der Waals surface area (Å²) in [6, 6.07) is 8.97. The van der Waals surface area contributed by atoms with Crippen LogP contribution in [0, 0.1) is 13.8 Å². The third-order valence-corrected chi connectivity index (χ3v) is 3.01. The Bertz CT molecular complexity index is 637. The highest BCUT2D eigenvalue weighted by molar-refractivity contribution is 5.90. The monoisotopic (exact) mass is 256 g/mol. The molecule has 1 amide bonds. The van der Waals surface area contributed by atoms with Crippen molar-refractivity contribution in [3.63, 3.8) is 0 Å². The molecule has 0 aliphatic carbocycles. The van der Waals surface area contributed by atoms with Gasteiger partial charge in [0, 0.05) is 23.2 Å². The molecule has 0 atom stereocenters.